The van der Waals surface area contributed by atoms with E-state index < -0.39 is 0 Å². The van der Waals surface area contributed by atoms with E-state index in [-0.39, 0.29) is 5.91 Å². The predicted molar refractivity (Wildman–Crippen MR) is 117 cm³/mol. The summed E-state index contributed by atoms with van der Waals surface area (Å²) in [6, 6.07) is 14.1. The van der Waals surface area contributed by atoms with Gasteiger partial charge in [-0.1, -0.05) is 43.7 Å². The molecule has 29 heavy (non-hydrogen) atoms. The summed E-state index contributed by atoms with van der Waals surface area (Å²) in [5, 5.41) is 4.77. The van der Waals surface area contributed by atoms with Crippen LogP contribution >= 0.6 is 0 Å². The molecule has 0 bridgehead atoms. The van der Waals surface area contributed by atoms with Crippen molar-refractivity contribution in [3.05, 3.63) is 78.3 Å². The number of aromatic nitrogens is 3. The molecule has 0 saturated carbocycles. The first-order valence-corrected chi connectivity index (χ1v) is 10.2. The van der Waals surface area contributed by atoms with Gasteiger partial charge in [-0.15, -0.1) is 0 Å². The van der Waals surface area contributed by atoms with Gasteiger partial charge in [0.15, 0.2) is 0 Å². The van der Waals surface area contributed by atoms with Crippen molar-refractivity contribution >= 4 is 12.0 Å². The summed E-state index contributed by atoms with van der Waals surface area (Å²) in [5.41, 5.74) is 3.85. The van der Waals surface area contributed by atoms with Crippen LogP contribution in [0.15, 0.2) is 67.1 Å². The number of pyridine rings is 1. The molecule has 5 nitrogen and oxygen atoms in total. The summed E-state index contributed by atoms with van der Waals surface area (Å²) in [6.07, 6.45) is 11.1. The van der Waals surface area contributed by atoms with Crippen LogP contribution in [0.25, 0.3) is 17.3 Å². The number of benzene rings is 1. The second-order valence-electron chi connectivity index (χ2n) is 6.96. The molecule has 0 aliphatic rings. The molecular formula is C24H28N4O. The van der Waals surface area contributed by atoms with Gasteiger partial charge in [-0.3, -0.25) is 14.5 Å². The van der Waals surface area contributed by atoms with Gasteiger partial charge < -0.3 is 4.90 Å². The minimum absolute atomic E-state index is 0.0360. The second kappa shape index (κ2) is 10.4. The lowest BCUT2D eigenvalue weighted by Crippen LogP contribution is -2.30. The highest BCUT2D eigenvalue weighted by Crippen LogP contribution is 2.23. The van der Waals surface area contributed by atoms with Crippen LogP contribution in [0.5, 0.6) is 0 Å². The summed E-state index contributed by atoms with van der Waals surface area (Å²) >= 11 is 0. The highest BCUT2D eigenvalue weighted by Gasteiger charge is 2.12. The summed E-state index contributed by atoms with van der Waals surface area (Å²) in [5.74, 6) is 0.0360. The lowest BCUT2D eigenvalue weighted by atomic mass is 10.1. The van der Waals surface area contributed by atoms with Gasteiger partial charge in [0.05, 0.1) is 6.54 Å². The average molecular weight is 389 g/mol. The maximum Gasteiger partial charge on any atom is 0.246 e. The van der Waals surface area contributed by atoms with Crippen LogP contribution in [0, 0.1) is 0 Å². The topological polar surface area (TPSA) is 51.0 Å². The van der Waals surface area contributed by atoms with Gasteiger partial charge in [0, 0.05) is 48.9 Å². The molecule has 2 aromatic heterocycles. The van der Waals surface area contributed by atoms with Crippen LogP contribution in [0.2, 0.25) is 0 Å². The van der Waals surface area contributed by atoms with Crippen LogP contribution in [-0.2, 0) is 11.3 Å². The molecule has 1 aromatic carbocycles. The fourth-order valence-electron chi connectivity index (χ4n) is 3.18. The summed E-state index contributed by atoms with van der Waals surface area (Å²) in [6.45, 7) is 6.33. The highest BCUT2D eigenvalue weighted by atomic mass is 16.2. The Balaban J connectivity index is 1.86. The molecule has 0 radical (unpaired) electrons. The van der Waals surface area contributed by atoms with Crippen LogP contribution in [-0.4, -0.2) is 38.7 Å². The fraction of sp³-hybridized carbons (Fsp3) is 0.292. The Hall–Kier alpha value is -3.21. The monoisotopic (exact) mass is 388 g/mol. The average Bonchev–Trinajstić information content (AvgIpc) is 3.16. The number of amides is 1. The molecule has 0 spiro atoms. The smallest absolute Gasteiger partial charge is 0.246 e. The second-order valence-corrected chi connectivity index (χ2v) is 6.96. The van der Waals surface area contributed by atoms with E-state index in [0.29, 0.717) is 13.1 Å². The zero-order valence-corrected chi connectivity index (χ0v) is 17.2. The first-order chi connectivity index (χ1) is 14.2. The number of rotatable bonds is 9. The number of carbonyl (C=O) groups excluding carboxylic acids is 1. The van der Waals surface area contributed by atoms with Crippen LogP contribution in [0.1, 0.15) is 37.8 Å². The maximum absolute atomic E-state index is 12.6. The number of unbranched alkanes of at least 4 members (excludes halogenated alkanes) is 1. The largest absolute Gasteiger partial charge is 0.339 e. The number of carbonyl (C=O) groups is 1. The van der Waals surface area contributed by atoms with Crippen molar-refractivity contribution < 1.29 is 4.79 Å². The third kappa shape index (κ3) is 5.64. The van der Waals surface area contributed by atoms with Crippen molar-refractivity contribution in [2.45, 2.75) is 33.2 Å². The summed E-state index contributed by atoms with van der Waals surface area (Å²) < 4.78 is 1.91. The van der Waals surface area contributed by atoms with Gasteiger partial charge in [0.2, 0.25) is 5.91 Å². The Labute approximate surface area is 172 Å². The van der Waals surface area contributed by atoms with Crippen molar-refractivity contribution in [2.24, 2.45) is 0 Å². The van der Waals surface area contributed by atoms with Gasteiger partial charge in [-0.05, 0) is 37.1 Å². The number of hydrogen-bond donors (Lipinski definition) is 0. The molecular weight excluding hydrogens is 360 g/mol. The zero-order chi connectivity index (χ0) is 20.5. The van der Waals surface area contributed by atoms with Crippen molar-refractivity contribution in [3.8, 4) is 11.3 Å². The van der Waals surface area contributed by atoms with Gasteiger partial charge in [-0.2, -0.15) is 5.10 Å². The molecule has 0 saturated heterocycles. The lowest BCUT2D eigenvalue weighted by molar-refractivity contribution is -0.125. The SMILES string of the molecule is CCCCN(CC)C(=O)/C=C/c1cn(Cc2ccccc2)nc1-c1cccnc1. The molecule has 0 N–H and O–H groups in total. The first-order valence-electron chi connectivity index (χ1n) is 10.2. The Kier molecular flexibility index (Phi) is 7.34. The van der Waals surface area contributed by atoms with Gasteiger partial charge in [0.25, 0.3) is 0 Å². The molecule has 5 heteroatoms. The Bertz CT molecular complexity index is 932. The van der Waals surface area contributed by atoms with Crippen molar-refractivity contribution in [3.63, 3.8) is 0 Å². The lowest BCUT2D eigenvalue weighted by Gasteiger charge is -2.18. The summed E-state index contributed by atoms with van der Waals surface area (Å²) in [7, 11) is 0. The minimum atomic E-state index is 0.0360. The van der Waals surface area contributed by atoms with E-state index in [1.807, 2.05) is 59.1 Å². The van der Waals surface area contributed by atoms with Crippen LogP contribution in [0.4, 0.5) is 0 Å². The molecule has 3 aromatic rings. The van der Waals surface area contributed by atoms with Gasteiger partial charge in [0.1, 0.15) is 5.69 Å². The normalized spacial score (nSPS) is 11.1. The van der Waals surface area contributed by atoms with Gasteiger partial charge in [-0.25, -0.2) is 0 Å². The molecule has 0 aliphatic heterocycles. The molecule has 1 amide bonds. The molecule has 2 heterocycles. The van der Waals surface area contributed by atoms with E-state index in [2.05, 4.69) is 24.0 Å². The van der Waals surface area contributed by atoms with E-state index >= 15 is 0 Å². The van der Waals surface area contributed by atoms with Crippen molar-refractivity contribution in [1.29, 1.82) is 0 Å². The molecule has 0 atom stereocenters. The van der Waals surface area contributed by atoms with Crippen LogP contribution < -0.4 is 0 Å². The minimum Gasteiger partial charge on any atom is -0.339 e. The van der Waals surface area contributed by atoms with E-state index in [4.69, 9.17) is 5.10 Å². The van der Waals surface area contributed by atoms with Gasteiger partial charge >= 0.3 is 0 Å². The molecule has 150 valence electrons. The van der Waals surface area contributed by atoms with Crippen molar-refractivity contribution in [2.75, 3.05) is 13.1 Å². The Morgan fingerprint density at radius 1 is 1.14 bits per heavy atom. The van der Waals surface area contributed by atoms with E-state index in [1.165, 1.54) is 5.56 Å². The zero-order valence-electron chi connectivity index (χ0n) is 17.2. The number of likely N-dealkylation sites (N-methyl/N-ethyl adjacent to an activating group) is 1. The Morgan fingerprint density at radius 2 is 1.97 bits per heavy atom. The standard InChI is InChI=1S/C24H28N4O/c1-3-5-16-27(4-2)23(29)14-13-22-19-28(18-20-10-7-6-8-11-20)26-24(22)21-12-9-15-25-17-21/h6-15,17,19H,3-5,16,18H2,1-2H3/b14-13+. The summed E-state index contributed by atoms with van der Waals surface area (Å²) in [4.78, 5) is 18.7. The van der Waals surface area contributed by atoms with E-state index in [0.717, 1.165) is 36.2 Å². The molecule has 3 rings (SSSR count). The first kappa shape index (κ1) is 20.5. The molecule has 0 fully saturated rings. The Morgan fingerprint density at radius 3 is 2.66 bits per heavy atom. The van der Waals surface area contributed by atoms with Crippen molar-refractivity contribution in [1.82, 2.24) is 19.7 Å². The van der Waals surface area contributed by atoms with E-state index in [1.54, 1.807) is 18.5 Å². The number of nitrogens with zero attached hydrogens (tertiary/aromatic N) is 4. The van der Waals surface area contributed by atoms with Crippen LogP contribution in [0.3, 0.4) is 0 Å². The predicted octanol–water partition coefficient (Wildman–Crippen LogP) is 4.66. The van der Waals surface area contributed by atoms with E-state index in [9.17, 15) is 4.79 Å². The molecule has 0 aliphatic carbocycles. The number of hydrogen-bond acceptors (Lipinski definition) is 3. The quantitative estimate of drug-likeness (QED) is 0.501. The third-order valence-electron chi connectivity index (χ3n) is 4.79. The maximum atomic E-state index is 12.6. The highest BCUT2D eigenvalue weighted by molar-refractivity contribution is 5.92. The third-order valence-corrected chi connectivity index (χ3v) is 4.79. The molecule has 0 unspecified atom stereocenters. The fourth-order valence-corrected chi connectivity index (χ4v) is 3.18.